The van der Waals surface area contributed by atoms with Gasteiger partial charge in [0.1, 0.15) is 0 Å². The summed E-state index contributed by atoms with van der Waals surface area (Å²) in [7, 11) is 0. The third-order valence-corrected chi connectivity index (χ3v) is 3.49. The fourth-order valence-electron chi connectivity index (χ4n) is 2.01. The molecule has 0 spiro atoms. The zero-order valence-electron chi connectivity index (χ0n) is 10.5. The Balaban J connectivity index is 3.04. The first-order valence-electron chi connectivity index (χ1n) is 5.88. The van der Waals surface area contributed by atoms with Gasteiger partial charge in [0.2, 0.25) is 0 Å². The lowest BCUT2D eigenvalue weighted by Gasteiger charge is -2.34. The minimum absolute atomic E-state index is 0.350. The largest absolute Gasteiger partial charge is 0.389 e. The summed E-state index contributed by atoms with van der Waals surface area (Å²) in [6, 6.07) is 8.99. The third-order valence-electron chi connectivity index (χ3n) is 3.49. The third kappa shape index (κ3) is 4.06. The highest BCUT2D eigenvalue weighted by molar-refractivity contribution is 5.22. The second-order valence-electron chi connectivity index (χ2n) is 5.12. The Morgan fingerprint density at radius 1 is 1.06 bits per heavy atom. The first kappa shape index (κ1) is 14.1. The van der Waals surface area contributed by atoms with Gasteiger partial charge in [-0.05, 0) is 16.9 Å². The topological polar surface area (TPSA) is 0 Å². The van der Waals surface area contributed by atoms with Crippen molar-refractivity contribution in [1.29, 1.82) is 0 Å². The fourth-order valence-corrected chi connectivity index (χ4v) is 2.01. The Labute approximate surface area is 101 Å². The van der Waals surface area contributed by atoms with E-state index in [9.17, 15) is 13.2 Å². The molecule has 0 nitrogen and oxygen atoms in total. The van der Waals surface area contributed by atoms with Crippen LogP contribution in [0.25, 0.3) is 0 Å². The molecule has 1 aromatic carbocycles. The van der Waals surface area contributed by atoms with E-state index >= 15 is 0 Å². The summed E-state index contributed by atoms with van der Waals surface area (Å²) in [5, 5.41) is 0. The van der Waals surface area contributed by atoms with Crippen LogP contribution in [-0.2, 0) is 0 Å². The van der Waals surface area contributed by atoms with Crippen LogP contribution in [0.4, 0.5) is 13.2 Å². The molecule has 0 saturated carbocycles. The summed E-state index contributed by atoms with van der Waals surface area (Å²) < 4.78 is 38.0. The monoisotopic (exact) mass is 244 g/mol. The van der Waals surface area contributed by atoms with Crippen LogP contribution in [0.3, 0.4) is 0 Å². The van der Waals surface area contributed by atoms with Crippen LogP contribution in [0.2, 0.25) is 0 Å². The van der Waals surface area contributed by atoms with Crippen LogP contribution in [0.1, 0.15) is 45.1 Å². The van der Waals surface area contributed by atoms with Crippen LogP contribution < -0.4 is 0 Å². The van der Waals surface area contributed by atoms with Crippen molar-refractivity contribution in [1.82, 2.24) is 0 Å². The first-order chi connectivity index (χ1) is 7.76. The van der Waals surface area contributed by atoms with Crippen molar-refractivity contribution < 1.29 is 13.2 Å². The van der Waals surface area contributed by atoms with Crippen LogP contribution in [-0.4, -0.2) is 6.18 Å². The maximum atomic E-state index is 12.7. The summed E-state index contributed by atoms with van der Waals surface area (Å²) in [4.78, 5) is 0. The molecule has 1 unspecified atom stereocenters. The molecule has 0 fully saturated rings. The minimum atomic E-state index is -4.12. The quantitative estimate of drug-likeness (QED) is 0.686. The molecule has 3 heteroatoms. The highest BCUT2D eigenvalue weighted by atomic mass is 19.4. The van der Waals surface area contributed by atoms with Crippen LogP contribution in [0.5, 0.6) is 0 Å². The fraction of sp³-hybridized carbons (Fsp3) is 0.571. The van der Waals surface area contributed by atoms with Gasteiger partial charge in [-0.2, -0.15) is 13.2 Å². The maximum Gasteiger partial charge on any atom is 0.389 e. The van der Waals surface area contributed by atoms with Gasteiger partial charge in [0, 0.05) is 0 Å². The molecule has 0 N–H and O–H groups in total. The van der Waals surface area contributed by atoms with Gasteiger partial charge < -0.3 is 0 Å². The number of benzene rings is 1. The summed E-state index contributed by atoms with van der Waals surface area (Å²) in [5.41, 5.74) is 0.424. The van der Waals surface area contributed by atoms with Crippen molar-refractivity contribution in [2.24, 2.45) is 5.41 Å². The van der Waals surface area contributed by atoms with E-state index in [1.807, 2.05) is 26.8 Å². The Bertz CT molecular complexity index is 338. The highest BCUT2D eigenvalue weighted by Crippen LogP contribution is 2.44. The zero-order chi connectivity index (χ0) is 13.1. The van der Waals surface area contributed by atoms with Crippen molar-refractivity contribution in [3.8, 4) is 0 Å². The lowest BCUT2D eigenvalue weighted by atomic mass is 9.71. The molecule has 1 rings (SSSR count). The molecule has 0 aliphatic heterocycles. The van der Waals surface area contributed by atoms with E-state index in [1.165, 1.54) is 0 Å². The number of rotatable bonds is 4. The smallest absolute Gasteiger partial charge is 0.171 e. The predicted octanol–water partition coefficient (Wildman–Crippen LogP) is 5.16. The molecule has 0 aliphatic carbocycles. The summed E-state index contributed by atoms with van der Waals surface area (Å²) >= 11 is 0. The molecule has 0 aliphatic rings. The van der Waals surface area contributed by atoms with Crippen molar-refractivity contribution in [3.63, 3.8) is 0 Å². The maximum absolute atomic E-state index is 12.7. The molecular weight excluding hydrogens is 225 g/mol. The van der Waals surface area contributed by atoms with Crippen LogP contribution in [0.15, 0.2) is 30.3 Å². The molecule has 0 aromatic heterocycles. The van der Waals surface area contributed by atoms with E-state index in [0.29, 0.717) is 0 Å². The summed E-state index contributed by atoms with van der Waals surface area (Å²) in [6.07, 6.45) is -4.15. The number of hydrogen-bond acceptors (Lipinski definition) is 0. The van der Waals surface area contributed by atoms with Crippen molar-refractivity contribution in [2.45, 2.75) is 45.7 Å². The molecule has 17 heavy (non-hydrogen) atoms. The van der Waals surface area contributed by atoms with Gasteiger partial charge in [-0.1, -0.05) is 57.5 Å². The van der Waals surface area contributed by atoms with Gasteiger partial charge in [0.25, 0.3) is 0 Å². The van der Waals surface area contributed by atoms with Gasteiger partial charge in [0.05, 0.1) is 6.42 Å². The number of hydrogen-bond donors (Lipinski definition) is 0. The van der Waals surface area contributed by atoms with Crippen molar-refractivity contribution in [2.75, 3.05) is 0 Å². The Morgan fingerprint density at radius 2 is 1.59 bits per heavy atom. The Hall–Kier alpha value is -0.990. The van der Waals surface area contributed by atoms with E-state index in [-0.39, 0.29) is 5.41 Å². The van der Waals surface area contributed by atoms with Gasteiger partial charge in [-0.15, -0.1) is 0 Å². The molecule has 0 saturated heterocycles. The Kier molecular flexibility index (Phi) is 4.23. The molecule has 0 radical (unpaired) electrons. The molecule has 0 heterocycles. The molecule has 1 aromatic rings. The first-order valence-corrected chi connectivity index (χ1v) is 5.88. The van der Waals surface area contributed by atoms with Gasteiger partial charge in [-0.3, -0.25) is 0 Å². The molecule has 0 amide bonds. The molecule has 96 valence electrons. The van der Waals surface area contributed by atoms with Gasteiger partial charge in [-0.25, -0.2) is 0 Å². The SMILES string of the molecule is CCC(C)(C)C(CC(F)(F)F)c1ccccc1. The standard InChI is InChI=1S/C14H19F3/c1-4-13(2,3)12(10-14(15,16)17)11-8-6-5-7-9-11/h5-9,12H,4,10H2,1-3H3. The molecule has 0 bridgehead atoms. The average molecular weight is 244 g/mol. The molecule has 1 atom stereocenters. The van der Waals surface area contributed by atoms with Gasteiger partial charge >= 0.3 is 6.18 Å². The lowest BCUT2D eigenvalue weighted by Crippen LogP contribution is -2.26. The van der Waals surface area contributed by atoms with Crippen molar-refractivity contribution in [3.05, 3.63) is 35.9 Å². The second kappa shape index (κ2) is 5.11. The summed E-state index contributed by atoms with van der Waals surface area (Å²) in [6.45, 7) is 5.74. The minimum Gasteiger partial charge on any atom is -0.171 e. The lowest BCUT2D eigenvalue weighted by molar-refractivity contribution is -0.145. The number of alkyl halides is 3. The normalized spacial score (nSPS) is 14.7. The van der Waals surface area contributed by atoms with E-state index in [4.69, 9.17) is 0 Å². The second-order valence-corrected chi connectivity index (χ2v) is 5.12. The number of halogens is 3. The van der Waals surface area contributed by atoms with E-state index in [1.54, 1.807) is 24.3 Å². The Morgan fingerprint density at radius 3 is 2.00 bits per heavy atom. The van der Waals surface area contributed by atoms with E-state index in [0.717, 1.165) is 12.0 Å². The van der Waals surface area contributed by atoms with E-state index < -0.39 is 18.5 Å². The highest BCUT2D eigenvalue weighted by Gasteiger charge is 2.39. The van der Waals surface area contributed by atoms with Crippen LogP contribution >= 0.6 is 0 Å². The molecular formula is C14H19F3. The zero-order valence-corrected chi connectivity index (χ0v) is 10.5. The van der Waals surface area contributed by atoms with E-state index in [2.05, 4.69) is 0 Å². The predicted molar refractivity (Wildman–Crippen MR) is 63.9 cm³/mol. The average Bonchev–Trinajstić information content (AvgIpc) is 2.26. The summed E-state index contributed by atoms with van der Waals surface area (Å²) in [5.74, 6) is -0.478. The van der Waals surface area contributed by atoms with Crippen LogP contribution in [0, 0.1) is 5.41 Å². The van der Waals surface area contributed by atoms with Crippen molar-refractivity contribution >= 4 is 0 Å². The van der Waals surface area contributed by atoms with Gasteiger partial charge in [0.15, 0.2) is 0 Å².